The second kappa shape index (κ2) is 5.10. The molecule has 0 bridgehead atoms. The second-order valence-electron chi connectivity index (χ2n) is 6.66. The Morgan fingerprint density at radius 2 is 1.53 bits per heavy atom. The Kier molecular flexibility index (Phi) is 3.99. The predicted octanol–water partition coefficient (Wildman–Crippen LogP) is 3.65. The molecule has 19 heavy (non-hydrogen) atoms. The standard InChI is InChI=1S/C12H22N2O2SSi2/c1-18(2,3)15-11-9-7-17-8-10(9)13-12(14-11)16-19(4,5)6/h7-8H2,1-6H3. The van der Waals surface area contributed by atoms with Crippen LogP contribution in [-0.4, -0.2) is 26.6 Å². The van der Waals surface area contributed by atoms with Crippen molar-refractivity contribution in [1.82, 2.24) is 9.97 Å². The summed E-state index contributed by atoms with van der Waals surface area (Å²) in [4.78, 5) is 9.06. The highest BCUT2D eigenvalue weighted by atomic mass is 32.2. The fraction of sp³-hybridized carbons (Fsp3) is 0.667. The van der Waals surface area contributed by atoms with Crippen molar-refractivity contribution in [3.8, 4) is 11.9 Å². The van der Waals surface area contributed by atoms with Gasteiger partial charge in [0.15, 0.2) is 0 Å². The van der Waals surface area contributed by atoms with Crippen molar-refractivity contribution in [2.45, 2.75) is 50.8 Å². The summed E-state index contributed by atoms with van der Waals surface area (Å²) in [5, 5.41) is 0. The summed E-state index contributed by atoms with van der Waals surface area (Å²) in [6.45, 7) is 12.9. The van der Waals surface area contributed by atoms with Crippen LogP contribution in [0.15, 0.2) is 0 Å². The van der Waals surface area contributed by atoms with E-state index in [-0.39, 0.29) is 0 Å². The molecule has 0 saturated carbocycles. The minimum Gasteiger partial charge on any atom is -0.531 e. The minimum atomic E-state index is -1.69. The van der Waals surface area contributed by atoms with E-state index in [0.717, 1.165) is 28.6 Å². The third-order valence-electron chi connectivity index (χ3n) is 2.32. The predicted molar refractivity (Wildman–Crippen MR) is 85.0 cm³/mol. The van der Waals surface area contributed by atoms with Gasteiger partial charge in [-0.1, -0.05) is 0 Å². The molecule has 2 heterocycles. The van der Waals surface area contributed by atoms with Gasteiger partial charge in [-0.05, 0) is 39.3 Å². The first-order valence-corrected chi connectivity index (χ1v) is 14.5. The van der Waals surface area contributed by atoms with Crippen LogP contribution in [0.4, 0.5) is 0 Å². The lowest BCUT2D eigenvalue weighted by Crippen LogP contribution is -2.32. The minimum absolute atomic E-state index is 0.494. The number of hydrogen-bond donors (Lipinski definition) is 0. The van der Waals surface area contributed by atoms with Crippen molar-refractivity contribution in [2.75, 3.05) is 0 Å². The van der Waals surface area contributed by atoms with E-state index in [1.807, 2.05) is 11.8 Å². The molecule has 0 amide bonds. The molecule has 1 aliphatic rings. The molecule has 0 unspecified atom stereocenters. The summed E-state index contributed by atoms with van der Waals surface area (Å²) in [6, 6.07) is 0.494. The van der Waals surface area contributed by atoms with E-state index in [1.165, 1.54) is 0 Å². The van der Waals surface area contributed by atoms with E-state index in [9.17, 15) is 0 Å². The smallest absolute Gasteiger partial charge is 0.306 e. The third kappa shape index (κ3) is 4.22. The molecule has 1 aromatic rings. The average Bonchev–Trinajstić information content (AvgIpc) is 2.59. The summed E-state index contributed by atoms with van der Waals surface area (Å²) in [7, 11) is -3.35. The molecule has 7 heteroatoms. The summed E-state index contributed by atoms with van der Waals surface area (Å²) in [5.74, 6) is 2.63. The van der Waals surface area contributed by atoms with E-state index in [2.05, 4.69) is 49.3 Å². The number of fused-ring (bicyclic) bond motifs is 1. The summed E-state index contributed by atoms with van der Waals surface area (Å²) in [6.07, 6.45) is 0. The van der Waals surface area contributed by atoms with Gasteiger partial charge in [0, 0.05) is 17.1 Å². The van der Waals surface area contributed by atoms with Gasteiger partial charge >= 0.3 is 6.01 Å². The lowest BCUT2D eigenvalue weighted by molar-refractivity contribution is 0.470. The summed E-state index contributed by atoms with van der Waals surface area (Å²) < 4.78 is 12.0. The topological polar surface area (TPSA) is 44.2 Å². The van der Waals surface area contributed by atoms with Crippen molar-refractivity contribution in [3.63, 3.8) is 0 Å². The zero-order valence-electron chi connectivity index (χ0n) is 12.5. The highest BCUT2D eigenvalue weighted by Gasteiger charge is 2.27. The van der Waals surface area contributed by atoms with Crippen molar-refractivity contribution >= 4 is 28.4 Å². The molecule has 0 aromatic carbocycles. The van der Waals surface area contributed by atoms with Crippen molar-refractivity contribution < 1.29 is 8.85 Å². The molecule has 0 radical (unpaired) electrons. The van der Waals surface area contributed by atoms with Gasteiger partial charge in [0.05, 0.1) is 5.69 Å². The Morgan fingerprint density at radius 1 is 0.895 bits per heavy atom. The number of hydrogen-bond acceptors (Lipinski definition) is 5. The molecule has 1 aliphatic heterocycles. The Labute approximate surface area is 121 Å². The summed E-state index contributed by atoms with van der Waals surface area (Å²) >= 11 is 1.86. The molecule has 0 aliphatic carbocycles. The first-order chi connectivity index (χ1) is 8.64. The van der Waals surface area contributed by atoms with Gasteiger partial charge in [-0.15, -0.1) is 0 Å². The van der Waals surface area contributed by atoms with Gasteiger partial charge in [0.1, 0.15) is 0 Å². The SMILES string of the molecule is C[Si](C)(C)Oc1nc2c(c(O[Si](C)(C)C)n1)CSC2. The molecule has 0 saturated heterocycles. The molecular formula is C12H22N2O2SSi2. The first kappa shape index (κ1) is 14.9. The van der Waals surface area contributed by atoms with Crippen LogP contribution >= 0.6 is 11.8 Å². The Hall–Kier alpha value is -0.536. The molecular weight excluding hydrogens is 292 g/mol. The largest absolute Gasteiger partial charge is 0.531 e. The molecule has 4 nitrogen and oxygen atoms in total. The van der Waals surface area contributed by atoms with E-state index in [0.29, 0.717) is 6.01 Å². The molecule has 0 N–H and O–H groups in total. The molecule has 0 atom stereocenters. The Balaban J connectivity index is 2.36. The van der Waals surface area contributed by atoms with Gasteiger partial charge in [-0.2, -0.15) is 21.7 Å². The maximum Gasteiger partial charge on any atom is 0.306 e. The first-order valence-electron chi connectivity index (χ1n) is 6.50. The number of rotatable bonds is 4. The van der Waals surface area contributed by atoms with Crippen LogP contribution in [0, 0.1) is 0 Å². The van der Waals surface area contributed by atoms with Gasteiger partial charge in [0.25, 0.3) is 0 Å². The van der Waals surface area contributed by atoms with Gasteiger partial charge in [-0.25, -0.2) is 0 Å². The van der Waals surface area contributed by atoms with Gasteiger partial charge in [-0.3, -0.25) is 0 Å². The molecule has 0 spiro atoms. The van der Waals surface area contributed by atoms with Crippen LogP contribution in [0.5, 0.6) is 11.9 Å². The van der Waals surface area contributed by atoms with Crippen molar-refractivity contribution in [3.05, 3.63) is 11.3 Å². The van der Waals surface area contributed by atoms with E-state index in [1.54, 1.807) is 0 Å². The van der Waals surface area contributed by atoms with Crippen LogP contribution in [0.25, 0.3) is 0 Å². The zero-order valence-corrected chi connectivity index (χ0v) is 15.3. The Bertz CT molecular complexity index is 484. The molecule has 106 valence electrons. The third-order valence-corrected chi connectivity index (χ3v) is 4.89. The average molecular weight is 315 g/mol. The quantitative estimate of drug-likeness (QED) is 0.794. The Morgan fingerprint density at radius 3 is 2.11 bits per heavy atom. The maximum atomic E-state index is 6.11. The fourth-order valence-corrected chi connectivity index (χ4v) is 4.11. The zero-order chi connectivity index (χ0) is 14.3. The lowest BCUT2D eigenvalue weighted by atomic mass is 10.3. The lowest BCUT2D eigenvalue weighted by Gasteiger charge is -2.22. The highest BCUT2D eigenvalue weighted by Crippen LogP contribution is 2.36. The van der Waals surface area contributed by atoms with E-state index < -0.39 is 16.6 Å². The number of aromatic nitrogens is 2. The fourth-order valence-electron chi connectivity index (χ4n) is 1.69. The normalized spacial score (nSPS) is 15.3. The van der Waals surface area contributed by atoms with Crippen LogP contribution in [-0.2, 0) is 11.5 Å². The second-order valence-corrected chi connectivity index (χ2v) is 16.5. The number of nitrogens with zero attached hydrogens (tertiary/aromatic N) is 2. The van der Waals surface area contributed by atoms with Gasteiger partial charge < -0.3 is 8.85 Å². The maximum absolute atomic E-state index is 6.11. The van der Waals surface area contributed by atoms with Crippen LogP contribution < -0.4 is 8.85 Å². The van der Waals surface area contributed by atoms with Crippen LogP contribution in [0.3, 0.4) is 0 Å². The van der Waals surface area contributed by atoms with Crippen LogP contribution in [0.1, 0.15) is 11.3 Å². The van der Waals surface area contributed by atoms with Crippen molar-refractivity contribution in [1.29, 1.82) is 0 Å². The molecule has 2 rings (SSSR count). The van der Waals surface area contributed by atoms with E-state index >= 15 is 0 Å². The number of thioether (sulfide) groups is 1. The van der Waals surface area contributed by atoms with Gasteiger partial charge in [0.2, 0.25) is 22.5 Å². The molecule has 0 fully saturated rings. The van der Waals surface area contributed by atoms with E-state index in [4.69, 9.17) is 8.85 Å². The molecule has 1 aromatic heterocycles. The summed E-state index contributed by atoms with van der Waals surface area (Å²) in [5.41, 5.74) is 2.25. The highest BCUT2D eigenvalue weighted by molar-refractivity contribution is 7.98. The van der Waals surface area contributed by atoms with Crippen molar-refractivity contribution in [2.24, 2.45) is 0 Å². The van der Waals surface area contributed by atoms with Crippen LogP contribution in [0.2, 0.25) is 39.3 Å². The monoisotopic (exact) mass is 314 g/mol.